The first kappa shape index (κ1) is 11.7. The number of rotatable bonds is 1. The molecule has 0 aliphatic carbocycles. The number of fused-ring (bicyclic) bond motifs is 1. The average molecular weight is 232 g/mol. The summed E-state index contributed by atoms with van der Waals surface area (Å²) in [6.07, 6.45) is 2.91. The van der Waals surface area contributed by atoms with E-state index in [0.29, 0.717) is 6.61 Å². The van der Waals surface area contributed by atoms with Crippen LogP contribution in [-0.2, 0) is 4.79 Å². The lowest BCUT2D eigenvalue weighted by Gasteiger charge is -2.14. The van der Waals surface area contributed by atoms with Crippen LogP contribution in [0.25, 0.3) is 5.57 Å². The number of ether oxygens (including phenoxy) is 1. The topological polar surface area (TPSA) is 46.5 Å². The molecule has 1 N–H and O–H groups in total. The fourth-order valence-electron chi connectivity index (χ4n) is 2.23. The van der Waals surface area contributed by atoms with Crippen LogP contribution in [0.5, 0.6) is 5.75 Å². The number of carboxylic acids is 1. The molecule has 0 aromatic heterocycles. The van der Waals surface area contributed by atoms with Gasteiger partial charge >= 0.3 is 5.97 Å². The quantitative estimate of drug-likeness (QED) is 0.757. The summed E-state index contributed by atoms with van der Waals surface area (Å²) < 4.78 is 5.74. The molecule has 90 valence electrons. The lowest BCUT2D eigenvalue weighted by atomic mass is 9.94. The Hall–Kier alpha value is -1.77. The van der Waals surface area contributed by atoms with Gasteiger partial charge in [0.1, 0.15) is 5.75 Å². The predicted octanol–water partition coefficient (Wildman–Crippen LogP) is 2.94. The van der Waals surface area contributed by atoms with E-state index in [1.807, 2.05) is 26.0 Å². The highest BCUT2D eigenvalue weighted by Crippen LogP contribution is 2.37. The van der Waals surface area contributed by atoms with E-state index >= 15 is 0 Å². The summed E-state index contributed by atoms with van der Waals surface area (Å²) in [6.45, 7) is 4.62. The Kier molecular flexibility index (Phi) is 3.18. The Bertz CT molecular complexity index is 486. The van der Waals surface area contributed by atoms with Gasteiger partial charge < -0.3 is 9.84 Å². The maximum atomic E-state index is 10.9. The summed E-state index contributed by atoms with van der Waals surface area (Å²) in [6, 6.07) is 4.02. The summed E-state index contributed by atoms with van der Waals surface area (Å²) in [5.74, 6) is -0.0521. The van der Waals surface area contributed by atoms with Crippen molar-refractivity contribution in [1.82, 2.24) is 0 Å². The second kappa shape index (κ2) is 4.62. The van der Waals surface area contributed by atoms with Gasteiger partial charge in [-0.2, -0.15) is 0 Å². The molecule has 3 heteroatoms. The van der Waals surface area contributed by atoms with Crippen LogP contribution in [0.2, 0.25) is 0 Å². The van der Waals surface area contributed by atoms with E-state index in [1.54, 1.807) is 0 Å². The first-order chi connectivity index (χ1) is 8.09. The van der Waals surface area contributed by atoms with E-state index in [2.05, 4.69) is 0 Å². The van der Waals surface area contributed by atoms with Gasteiger partial charge in [0.2, 0.25) is 0 Å². The van der Waals surface area contributed by atoms with Gasteiger partial charge in [0, 0.05) is 11.6 Å². The zero-order chi connectivity index (χ0) is 12.4. The molecule has 0 radical (unpaired) electrons. The Morgan fingerprint density at radius 1 is 1.35 bits per heavy atom. The summed E-state index contributed by atoms with van der Waals surface area (Å²) >= 11 is 0. The van der Waals surface area contributed by atoms with Crippen molar-refractivity contribution in [1.29, 1.82) is 0 Å². The lowest BCUT2D eigenvalue weighted by Crippen LogP contribution is -1.98. The summed E-state index contributed by atoms with van der Waals surface area (Å²) in [7, 11) is 0. The third kappa shape index (κ3) is 2.33. The smallest absolute Gasteiger partial charge is 0.328 e. The van der Waals surface area contributed by atoms with Crippen molar-refractivity contribution in [3.05, 3.63) is 34.9 Å². The van der Waals surface area contributed by atoms with Gasteiger partial charge in [-0.3, -0.25) is 0 Å². The molecular formula is C14H16O3. The summed E-state index contributed by atoms with van der Waals surface area (Å²) in [4.78, 5) is 10.9. The Balaban J connectivity index is 2.63. The molecule has 1 aliphatic rings. The standard InChI is InChI=1S/C14H16O3/c1-9-5-6-10(2)14-13(9)11(8-12(15)16)4-3-7-17-14/h5-6,8H,3-4,7H2,1-2H3,(H,15,16)/b11-8+. The van der Waals surface area contributed by atoms with Crippen molar-refractivity contribution in [3.8, 4) is 5.75 Å². The number of carboxylic acid groups (broad SMARTS) is 1. The molecule has 17 heavy (non-hydrogen) atoms. The minimum absolute atomic E-state index is 0.647. The van der Waals surface area contributed by atoms with Crippen LogP contribution in [0.4, 0.5) is 0 Å². The van der Waals surface area contributed by atoms with E-state index in [0.717, 1.165) is 40.9 Å². The fraction of sp³-hybridized carbons (Fsp3) is 0.357. The van der Waals surface area contributed by atoms with Gasteiger partial charge in [-0.05, 0) is 43.4 Å². The average Bonchev–Trinajstić information content (AvgIpc) is 2.46. The van der Waals surface area contributed by atoms with E-state index in [1.165, 1.54) is 6.08 Å². The summed E-state index contributed by atoms with van der Waals surface area (Å²) in [5.41, 5.74) is 3.96. The van der Waals surface area contributed by atoms with E-state index in [-0.39, 0.29) is 0 Å². The van der Waals surface area contributed by atoms with Gasteiger partial charge in [0.05, 0.1) is 6.61 Å². The first-order valence-corrected chi connectivity index (χ1v) is 5.76. The van der Waals surface area contributed by atoms with Crippen LogP contribution in [0.1, 0.15) is 29.5 Å². The molecule has 0 bridgehead atoms. The number of hydrogen-bond donors (Lipinski definition) is 1. The van der Waals surface area contributed by atoms with Crippen LogP contribution >= 0.6 is 0 Å². The largest absolute Gasteiger partial charge is 0.493 e. The van der Waals surface area contributed by atoms with Gasteiger partial charge in [0.15, 0.2) is 0 Å². The molecule has 0 atom stereocenters. The van der Waals surface area contributed by atoms with Crippen LogP contribution in [0.15, 0.2) is 18.2 Å². The number of hydrogen-bond acceptors (Lipinski definition) is 2. The molecule has 0 amide bonds. The van der Waals surface area contributed by atoms with Crippen LogP contribution in [0.3, 0.4) is 0 Å². The molecule has 0 spiro atoms. The fourth-order valence-corrected chi connectivity index (χ4v) is 2.23. The van der Waals surface area contributed by atoms with Crippen molar-refractivity contribution in [2.45, 2.75) is 26.7 Å². The summed E-state index contributed by atoms with van der Waals surface area (Å²) in [5, 5.41) is 8.93. The van der Waals surface area contributed by atoms with Crippen LogP contribution in [0, 0.1) is 13.8 Å². The number of aliphatic carboxylic acids is 1. The van der Waals surface area contributed by atoms with Crippen molar-refractivity contribution in [2.75, 3.05) is 6.61 Å². The molecule has 0 saturated carbocycles. The predicted molar refractivity (Wildman–Crippen MR) is 66.3 cm³/mol. The highest BCUT2D eigenvalue weighted by molar-refractivity contribution is 5.92. The highest BCUT2D eigenvalue weighted by Gasteiger charge is 2.18. The normalized spacial score (nSPS) is 17.2. The van der Waals surface area contributed by atoms with Gasteiger partial charge in [0.25, 0.3) is 0 Å². The van der Waals surface area contributed by atoms with Crippen LogP contribution < -0.4 is 4.74 Å². The molecule has 1 heterocycles. The SMILES string of the molecule is Cc1ccc(C)c2c1OCCC/C2=C\C(=O)O. The van der Waals surface area contributed by atoms with Gasteiger partial charge in [-0.25, -0.2) is 4.79 Å². The Morgan fingerprint density at radius 3 is 2.76 bits per heavy atom. The van der Waals surface area contributed by atoms with Crippen molar-refractivity contribution in [2.24, 2.45) is 0 Å². The molecule has 1 aromatic carbocycles. The molecule has 0 saturated heterocycles. The highest BCUT2D eigenvalue weighted by atomic mass is 16.5. The zero-order valence-corrected chi connectivity index (χ0v) is 10.1. The second-order valence-electron chi connectivity index (χ2n) is 4.36. The number of benzene rings is 1. The molecule has 0 fully saturated rings. The first-order valence-electron chi connectivity index (χ1n) is 5.76. The maximum Gasteiger partial charge on any atom is 0.328 e. The van der Waals surface area contributed by atoms with Crippen molar-refractivity contribution >= 4 is 11.5 Å². The monoisotopic (exact) mass is 232 g/mol. The minimum Gasteiger partial charge on any atom is -0.493 e. The molecule has 2 rings (SSSR count). The lowest BCUT2D eigenvalue weighted by molar-refractivity contribution is -0.131. The van der Waals surface area contributed by atoms with E-state index in [9.17, 15) is 4.79 Å². The van der Waals surface area contributed by atoms with E-state index < -0.39 is 5.97 Å². The Morgan fingerprint density at radius 2 is 2.06 bits per heavy atom. The third-order valence-electron chi connectivity index (χ3n) is 3.02. The maximum absolute atomic E-state index is 10.9. The van der Waals surface area contributed by atoms with Crippen LogP contribution in [-0.4, -0.2) is 17.7 Å². The number of allylic oxidation sites excluding steroid dienone is 1. The molecular weight excluding hydrogens is 216 g/mol. The molecule has 0 unspecified atom stereocenters. The molecule has 1 aliphatic heterocycles. The molecule has 1 aromatic rings. The van der Waals surface area contributed by atoms with Gasteiger partial charge in [-0.1, -0.05) is 12.1 Å². The van der Waals surface area contributed by atoms with E-state index in [4.69, 9.17) is 9.84 Å². The van der Waals surface area contributed by atoms with Crippen molar-refractivity contribution < 1.29 is 14.6 Å². The third-order valence-corrected chi connectivity index (χ3v) is 3.02. The van der Waals surface area contributed by atoms with Crippen molar-refractivity contribution in [3.63, 3.8) is 0 Å². The van der Waals surface area contributed by atoms with Gasteiger partial charge in [-0.15, -0.1) is 0 Å². The minimum atomic E-state index is -0.895. The second-order valence-corrected chi connectivity index (χ2v) is 4.36. The zero-order valence-electron chi connectivity index (χ0n) is 10.1. The number of aryl methyl sites for hydroxylation is 2. The Labute approximate surface area is 101 Å². The number of carbonyl (C=O) groups is 1. The molecule has 3 nitrogen and oxygen atoms in total.